The Hall–Kier alpha value is -2.19. The van der Waals surface area contributed by atoms with E-state index in [1.54, 1.807) is 13.0 Å². The largest absolute Gasteiger partial charge is 0.382 e. The van der Waals surface area contributed by atoms with E-state index in [0.29, 0.717) is 28.5 Å². The van der Waals surface area contributed by atoms with E-state index in [9.17, 15) is 4.39 Å². The smallest absolute Gasteiger partial charge is 0.145 e. The van der Waals surface area contributed by atoms with Crippen LogP contribution in [0.2, 0.25) is 5.02 Å². The summed E-state index contributed by atoms with van der Waals surface area (Å²) >= 11 is 5.94. The molecule has 0 aliphatic carbocycles. The third kappa shape index (κ3) is 2.80. The molecule has 4 nitrogen and oxygen atoms in total. The summed E-state index contributed by atoms with van der Waals surface area (Å²) in [6.45, 7) is 1.69. The first kappa shape index (κ1) is 13.2. The van der Waals surface area contributed by atoms with Gasteiger partial charge in [-0.25, -0.2) is 14.4 Å². The van der Waals surface area contributed by atoms with E-state index in [1.807, 2.05) is 6.07 Å². The number of halogens is 2. The lowest BCUT2D eigenvalue weighted by atomic mass is 10.1. The van der Waals surface area contributed by atoms with Crippen molar-refractivity contribution >= 4 is 17.4 Å². The second-order valence-electron chi connectivity index (χ2n) is 4.01. The Morgan fingerprint density at radius 1 is 1.42 bits per heavy atom. The van der Waals surface area contributed by atoms with Crippen molar-refractivity contribution in [2.45, 2.75) is 13.3 Å². The SMILES string of the molecule is Cc1nc(Cc2ccc(F)cc2Cl)nc(N)c1C#N. The average molecular weight is 277 g/mol. The van der Waals surface area contributed by atoms with Crippen molar-refractivity contribution in [3.8, 4) is 6.07 Å². The third-order valence-corrected chi connectivity index (χ3v) is 2.99. The Balaban J connectivity index is 2.37. The first-order chi connectivity index (χ1) is 9.01. The van der Waals surface area contributed by atoms with Crippen molar-refractivity contribution < 1.29 is 4.39 Å². The number of aromatic nitrogens is 2. The molecule has 2 aromatic rings. The average Bonchev–Trinajstić information content (AvgIpc) is 2.32. The molecule has 0 aliphatic heterocycles. The number of anilines is 1. The number of nitriles is 1. The Kier molecular flexibility index (Phi) is 3.63. The minimum Gasteiger partial charge on any atom is -0.382 e. The molecule has 19 heavy (non-hydrogen) atoms. The predicted octanol–water partition coefficient (Wildman–Crippen LogP) is 2.62. The van der Waals surface area contributed by atoms with Gasteiger partial charge in [0.25, 0.3) is 0 Å². The highest BCUT2D eigenvalue weighted by Crippen LogP contribution is 2.20. The van der Waals surface area contributed by atoms with Gasteiger partial charge in [0, 0.05) is 11.4 Å². The van der Waals surface area contributed by atoms with Crippen LogP contribution in [-0.4, -0.2) is 9.97 Å². The van der Waals surface area contributed by atoms with Crippen LogP contribution in [-0.2, 0) is 6.42 Å². The first-order valence-electron chi connectivity index (χ1n) is 5.48. The molecular weight excluding hydrogens is 267 g/mol. The van der Waals surface area contributed by atoms with Crippen LogP contribution in [0.4, 0.5) is 10.2 Å². The zero-order chi connectivity index (χ0) is 14.0. The van der Waals surface area contributed by atoms with E-state index >= 15 is 0 Å². The summed E-state index contributed by atoms with van der Waals surface area (Å²) in [4.78, 5) is 8.25. The molecule has 0 spiro atoms. The van der Waals surface area contributed by atoms with E-state index in [2.05, 4.69) is 9.97 Å². The number of nitrogens with zero attached hydrogens (tertiary/aromatic N) is 3. The van der Waals surface area contributed by atoms with Gasteiger partial charge < -0.3 is 5.73 Å². The summed E-state index contributed by atoms with van der Waals surface area (Å²) < 4.78 is 12.9. The van der Waals surface area contributed by atoms with Crippen molar-refractivity contribution in [3.05, 3.63) is 51.7 Å². The molecule has 0 unspecified atom stereocenters. The number of hydrogen-bond donors (Lipinski definition) is 1. The Morgan fingerprint density at radius 2 is 2.16 bits per heavy atom. The van der Waals surface area contributed by atoms with Gasteiger partial charge in [0.15, 0.2) is 0 Å². The summed E-state index contributed by atoms with van der Waals surface area (Å²) in [5, 5.41) is 9.19. The van der Waals surface area contributed by atoms with Gasteiger partial charge in [-0.2, -0.15) is 5.26 Å². The fraction of sp³-hybridized carbons (Fsp3) is 0.154. The van der Waals surface area contributed by atoms with Crippen molar-refractivity contribution in [1.82, 2.24) is 9.97 Å². The second kappa shape index (κ2) is 5.21. The van der Waals surface area contributed by atoms with Gasteiger partial charge >= 0.3 is 0 Å². The minimum absolute atomic E-state index is 0.142. The van der Waals surface area contributed by atoms with Crippen LogP contribution in [0.3, 0.4) is 0 Å². The molecule has 0 saturated carbocycles. The molecule has 6 heteroatoms. The predicted molar refractivity (Wildman–Crippen MR) is 70.1 cm³/mol. The van der Waals surface area contributed by atoms with E-state index in [4.69, 9.17) is 22.6 Å². The molecule has 96 valence electrons. The van der Waals surface area contributed by atoms with Crippen LogP contribution in [0.1, 0.15) is 22.6 Å². The zero-order valence-corrected chi connectivity index (χ0v) is 10.9. The van der Waals surface area contributed by atoms with Gasteiger partial charge in [-0.3, -0.25) is 0 Å². The van der Waals surface area contributed by atoms with E-state index in [-0.39, 0.29) is 11.4 Å². The minimum atomic E-state index is -0.398. The molecule has 1 aromatic heterocycles. The fourth-order valence-corrected chi connectivity index (χ4v) is 1.94. The van der Waals surface area contributed by atoms with Crippen molar-refractivity contribution in [2.75, 3.05) is 5.73 Å². The normalized spacial score (nSPS) is 10.2. The lowest BCUT2D eigenvalue weighted by molar-refractivity contribution is 0.627. The number of nitrogens with two attached hydrogens (primary N) is 1. The molecule has 0 radical (unpaired) electrons. The Bertz CT molecular complexity index is 656. The molecule has 0 bridgehead atoms. The van der Waals surface area contributed by atoms with Crippen molar-refractivity contribution in [2.24, 2.45) is 0 Å². The maximum Gasteiger partial charge on any atom is 0.145 e. The van der Waals surface area contributed by atoms with Gasteiger partial charge in [0.1, 0.15) is 29.1 Å². The van der Waals surface area contributed by atoms with Crippen LogP contribution in [0, 0.1) is 24.1 Å². The quantitative estimate of drug-likeness (QED) is 0.915. The topological polar surface area (TPSA) is 75.6 Å². The number of aryl methyl sites for hydroxylation is 1. The van der Waals surface area contributed by atoms with Crippen LogP contribution in [0.15, 0.2) is 18.2 Å². The number of hydrogen-bond acceptors (Lipinski definition) is 4. The monoisotopic (exact) mass is 276 g/mol. The molecule has 2 rings (SSSR count). The van der Waals surface area contributed by atoms with Gasteiger partial charge in [-0.1, -0.05) is 17.7 Å². The fourth-order valence-electron chi connectivity index (χ4n) is 1.71. The molecule has 0 atom stereocenters. The molecule has 0 aliphatic rings. The third-order valence-electron chi connectivity index (χ3n) is 2.64. The molecule has 0 amide bonds. The molecule has 2 N–H and O–H groups in total. The lowest BCUT2D eigenvalue weighted by Gasteiger charge is -2.07. The van der Waals surface area contributed by atoms with Crippen LogP contribution >= 0.6 is 11.6 Å². The van der Waals surface area contributed by atoms with E-state index in [0.717, 1.165) is 0 Å². The Morgan fingerprint density at radius 3 is 2.74 bits per heavy atom. The van der Waals surface area contributed by atoms with Crippen LogP contribution < -0.4 is 5.73 Å². The Labute approximate surface area is 114 Å². The standard InChI is InChI=1S/C13H10ClFN4/c1-7-10(6-16)13(17)19-12(18-7)4-8-2-3-9(15)5-11(8)14/h2-3,5H,4H2,1H3,(H2,17,18,19). The first-order valence-corrected chi connectivity index (χ1v) is 5.86. The second-order valence-corrected chi connectivity index (χ2v) is 4.42. The van der Waals surface area contributed by atoms with Crippen molar-refractivity contribution in [1.29, 1.82) is 5.26 Å². The number of nitrogen functional groups attached to an aromatic ring is 1. The number of rotatable bonds is 2. The van der Waals surface area contributed by atoms with Crippen LogP contribution in [0.25, 0.3) is 0 Å². The summed E-state index contributed by atoms with van der Waals surface area (Å²) in [5.41, 5.74) is 7.17. The highest BCUT2D eigenvalue weighted by molar-refractivity contribution is 6.31. The molecule has 0 fully saturated rings. The van der Waals surface area contributed by atoms with E-state index < -0.39 is 5.82 Å². The highest BCUT2D eigenvalue weighted by Gasteiger charge is 2.11. The maximum atomic E-state index is 12.9. The highest BCUT2D eigenvalue weighted by atomic mass is 35.5. The molecule has 0 saturated heterocycles. The molecule has 1 aromatic carbocycles. The van der Waals surface area contributed by atoms with Gasteiger partial charge in [-0.05, 0) is 24.6 Å². The lowest BCUT2D eigenvalue weighted by Crippen LogP contribution is -2.06. The van der Waals surface area contributed by atoms with Gasteiger partial charge in [-0.15, -0.1) is 0 Å². The van der Waals surface area contributed by atoms with Crippen LogP contribution in [0.5, 0.6) is 0 Å². The van der Waals surface area contributed by atoms with Gasteiger partial charge in [0.05, 0.1) is 5.69 Å². The number of benzene rings is 1. The van der Waals surface area contributed by atoms with Gasteiger partial charge in [0.2, 0.25) is 0 Å². The summed E-state index contributed by atoms with van der Waals surface area (Å²) in [6, 6.07) is 6.08. The molecule has 1 heterocycles. The van der Waals surface area contributed by atoms with E-state index in [1.165, 1.54) is 12.1 Å². The molecular formula is C13H10ClFN4. The zero-order valence-electron chi connectivity index (χ0n) is 10.1. The summed E-state index contributed by atoms with van der Waals surface area (Å²) in [5.74, 6) is 0.191. The van der Waals surface area contributed by atoms with Crippen molar-refractivity contribution in [3.63, 3.8) is 0 Å². The summed E-state index contributed by atoms with van der Waals surface area (Å²) in [6.07, 6.45) is 0.329. The maximum absolute atomic E-state index is 12.9. The summed E-state index contributed by atoms with van der Waals surface area (Å²) in [7, 11) is 0.